The number of carbonyl (C=O) groups excluding carboxylic acids is 2. The zero-order valence-electron chi connectivity index (χ0n) is 18.8. The first-order valence-electron chi connectivity index (χ1n) is 11.5. The average Bonchev–Trinajstić information content (AvgIpc) is 3.04. The minimum absolute atomic E-state index is 0.0268. The van der Waals surface area contributed by atoms with Crippen LogP contribution in [0.2, 0.25) is 0 Å². The fourth-order valence-corrected chi connectivity index (χ4v) is 4.80. The van der Waals surface area contributed by atoms with Crippen molar-refractivity contribution in [2.45, 2.75) is 57.0 Å². The molecule has 33 heavy (non-hydrogen) atoms. The van der Waals surface area contributed by atoms with Gasteiger partial charge in [-0.05, 0) is 47.9 Å². The molecule has 4 rings (SSSR count). The fraction of sp³-hybridized carbons (Fsp3) is 0.423. The number of amides is 2. The molecule has 0 radical (unpaired) electrons. The molecule has 1 unspecified atom stereocenters. The molecule has 2 aliphatic carbocycles. The molecule has 0 bridgehead atoms. The predicted molar refractivity (Wildman–Crippen MR) is 124 cm³/mol. The van der Waals surface area contributed by atoms with Crippen LogP contribution < -0.4 is 10.6 Å². The van der Waals surface area contributed by atoms with Crippen LogP contribution in [0.1, 0.15) is 56.1 Å². The van der Waals surface area contributed by atoms with Crippen molar-refractivity contribution in [3.05, 3.63) is 59.7 Å². The number of ether oxygens (including phenoxy) is 1. The van der Waals surface area contributed by atoms with Crippen molar-refractivity contribution in [1.82, 2.24) is 10.6 Å². The number of benzene rings is 2. The minimum atomic E-state index is -0.919. The molecule has 2 atom stereocenters. The molecule has 1 saturated carbocycles. The Morgan fingerprint density at radius 2 is 1.58 bits per heavy atom. The van der Waals surface area contributed by atoms with Gasteiger partial charge in [0.25, 0.3) is 0 Å². The number of fused-ring (bicyclic) bond motifs is 3. The fourth-order valence-electron chi connectivity index (χ4n) is 4.80. The predicted octanol–water partition coefficient (Wildman–Crippen LogP) is 4.06. The first kappa shape index (κ1) is 22.8. The number of aliphatic carboxylic acids is 1. The van der Waals surface area contributed by atoms with E-state index < -0.39 is 18.1 Å². The Morgan fingerprint density at radius 3 is 2.12 bits per heavy atom. The van der Waals surface area contributed by atoms with E-state index in [2.05, 4.69) is 34.9 Å². The number of hydrogen-bond donors (Lipinski definition) is 3. The van der Waals surface area contributed by atoms with Gasteiger partial charge in [0.1, 0.15) is 6.61 Å². The van der Waals surface area contributed by atoms with Gasteiger partial charge in [-0.25, -0.2) is 4.79 Å². The summed E-state index contributed by atoms with van der Waals surface area (Å²) in [6.45, 7) is 1.94. The van der Waals surface area contributed by atoms with E-state index in [1.54, 1.807) is 6.92 Å². The number of carboxylic acids is 1. The normalized spacial score (nSPS) is 16.6. The maximum atomic E-state index is 12.4. The SMILES string of the molecule is C[C@@H](CC(=O)NC(CC(=O)O)C1CCC1)NC(=O)OCC1c2ccccc2-c2ccccc21. The topological polar surface area (TPSA) is 105 Å². The van der Waals surface area contributed by atoms with Gasteiger partial charge in [-0.2, -0.15) is 0 Å². The zero-order chi connectivity index (χ0) is 23.4. The number of alkyl carbamates (subject to hydrolysis) is 1. The molecular formula is C26H30N2O5. The lowest BCUT2D eigenvalue weighted by atomic mass is 9.78. The summed E-state index contributed by atoms with van der Waals surface area (Å²) < 4.78 is 5.53. The summed E-state index contributed by atoms with van der Waals surface area (Å²) in [6.07, 6.45) is 2.35. The Morgan fingerprint density at radius 1 is 0.970 bits per heavy atom. The lowest BCUT2D eigenvalue weighted by Gasteiger charge is -2.33. The van der Waals surface area contributed by atoms with Crippen LogP contribution in [0, 0.1) is 5.92 Å². The van der Waals surface area contributed by atoms with Gasteiger partial charge < -0.3 is 20.5 Å². The smallest absolute Gasteiger partial charge is 0.407 e. The number of nitrogens with one attached hydrogen (secondary N) is 2. The Bertz CT molecular complexity index is 987. The lowest BCUT2D eigenvalue weighted by molar-refractivity contribution is -0.138. The van der Waals surface area contributed by atoms with Gasteiger partial charge in [0.05, 0.1) is 6.42 Å². The van der Waals surface area contributed by atoms with Gasteiger partial charge >= 0.3 is 12.1 Å². The highest BCUT2D eigenvalue weighted by molar-refractivity contribution is 5.80. The van der Waals surface area contributed by atoms with E-state index in [9.17, 15) is 14.4 Å². The molecule has 0 aromatic heterocycles. The molecule has 2 aromatic rings. The first-order valence-corrected chi connectivity index (χ1v) is 11.5. The van der Waals surface area contributed by atoms with Crippen LogP contribution in [-0.4, -0.2) is 41.8 Å². The van der Waals surface area contributed by atoms with Crippen molar-refractivity contribution < 1.29 is 24.2 Å². The van der Waals surface area contributed by atoms with Crippen LogP contribution >= 0.6 is 0 Å². The summed E-state index contributed by atoms with van der Waals surface area (Å²) in [5, 5.41) is 14.7. The van der Waals surface area contributed by atoms with Crippen molar-refractivity contribution in [1.29, 1.82) is 0 Å². The molecule has 0 spiro atoms. The Kier molecular flexibility index (Phi) is 6.96. The molecule has 2 amide bonds. The summed E-state index contributed by atoms with van der Waals surface area (Å²) in [6, 6.07) is 15.5. The van der Waals surface area contributed by atoms with E-state index in [4.69, 9.17) is 9.84 Å². The molecule has 0 heterocycles. The van der Waals surface area contributed by atoms with Gasteiger partial charge in [0, 0.05) is 24.4 Å². The van der Waals surface area contributed by atoms with Crippen LogP contribution in [0.15, 0.2) is 48.5 Å². The summed E-state index contributed by atoms with van der Waals surface area (Å²) in [5.74, 6) is -0.993. The third kappa shape index (κ3) is 5.35. The molecule has 0 aliphatic heterocycles. The minimum Gasteiger partial charge on any atom is -0.481 e. The highest BCUT2D eigenvalue weighted by atomic mass is 16.5. The van der Waals surface area contributed by atoms with Crippen LogP contribution in [-0.2, 0) is 14.3 Å². The second kappa shape index (κ2) is 10.1. The number of carbonyl (C=O) groups is 3. The third-order valence-electron chi connectivity index (χ3n) is 6.66. The maximum Gasteiger partial charge on any atom is 0.407 e. The summed E-state index contributed by atoms with van der Waals surface area (Å²) >= 11 is 0. The molecule has 2 aliphatic rings. The summed E-state index contributed by atoms with van der Waals surface area (Å²) in [4.78, 5) is 35.9. The van der Waals surface area contributed by atoms with E-state index in [-0.39, 0.29) is 43.2 Å². The number of carboxylic acid groups (broad SMARTS) is 1. The second-order valence-electron chi connectivity index (χ2n) is 9.04. The molecule has 7 heteroatoms. The molecular weight excluding hydrogens is 420 g/mol. The van der Waals surface area contributed by atoms with Crippen LogP contribution in [0.25, 0.3) is 11.1 Å². The molecule has 2 aromatic carbocycles. The third-order valence-corrected chi connectivity index (χ3v) is 6.66. The maximum absolute atomic E-state index is 12.4. The van der Waals surface area contributed by atoms with Crippen molar-refractivity contribution in [2.75, 3.05) is 6.61 Å². The second-order valence-corrected chi connectivity index (χ2v) is 9.04. The van der Waals surface area contributed by atoms with Crippen LogP contribution in [0.3, 0.4) is 0 Å². The van der Waals surface area contributed by atoms with E-state index in [1.807, 2.05) is 24.3 Å². The Hall–Kier alpha value is -3.35. The van der Waals surface area contributed by atoms with Crippen molar-refractivity contribution in [3.8, 4) is 11.1 Å². The van der Waals surface area contributed by atoms with E-state index >= 15 is 0 Å². The van der Waals surface area contributed by atoms with Gasteiger partial charge in [0.2, 0.25) is 5.91 Å². The quantitative estimate of drug-likeness (QED) is 0.534. The molecule has 3 N–H and O–H groups in total. The van der Waals surface area contributed by atoms with E-state index in [0.717, 1.165) is 41.5 Å². The van der Waals surface area contributed by atoms with Gasteiger partial charge in [0.15, 0.2) is 0 Å². The molecule has 0 saturated heterocycles. The molecule has 7 nitrogen and oxygen atoms in total. The highest BCUT2D eigenvalue weighted by Gasteiger charge is 2.31. The van der Waals surface area contributed by atoms with Crippen LogP contribution in [0.4, 0.5) is 4.79 Å². The highest BCUT2D eigenvalue weighted by Crippen LogP contribution is 2.44. The number of hydrogen-bond acceptors (Lipinski definition) is 4. The van der Waals surface area contributed by atoms with Gasteiger partial charge in [-0.3, -0.25) is 9.59 Å². The van der Waals surface area contributed by atoms with E-state index in [0.29, 0.717) is 0 Å². The number of rotatable bonds is 9. The largest absolute Gasteiger partial charge is 0.481 e. The monoisotopic (exact) mass is 450 g/mol. The molecule has 174 valence electrons. The zero-order valence-corrected chi connectivity index (χ0v) is 18.8. The first-order chi connectivity index (χ1) is 15.9. The van der Waals surface area contributed by atoms with Crippen molar-refractivity contribution in [2.24, 2.45) is 5.92 Å². The summed E-state index contributed by atoms with van der Waals surface area (Å²) in [5.41, 5.74) is 4.60. The van der Waals surface area contributed by atoms with Crippen LogP contribution in [0.5, 0.6) is 0 Å². The molecule has 1 fully saturated rings. The van der Waals surface area contributed by atoms with Gasteiger partial charge in [-0.15, -0.1) is 0 Å². The van der Waals surface area contributed by atoms with Crippen molar-refractivity contribution in [3.63, 3.8) is 0 Å². The lowest BCUT2D eigenvalue weighted by Crippen LogP contribution is -2.46. The van der Waals surface area contributed by atoms with E-state index in [1.165, 1.54) is 0 Å². The Balaban J connectivity index is 1.28. The van der Waals surface area contributed by atoms with Gasteiger partial charge in [-0.1, -0.05) is 55.0 Å². The standard InChI is InChI=1S/C26H30N2O5/c1-16(13-24(29)28-23(14-25(30)31)17-7-6-8-17)27-26(32)33-15-22-20-11-4-2-9-18(20)19-10-3-5-12-21(19)22/h2-5,9-12,16-17,22-23H,6-8,13-15H2,1H3,(H,27,32)(H,28,29)(H,30,31)/t16-,23?/m0/s1. The summed E-state index contributed by atoms with van der Waals surface area (Å²) in [7, 11) is 0. The Labute approximate surface area is 193 Å². The van der Waals surface area contributed by atoms with Crippen molar-refractivity contribution >= 4 is 18.0 Å². The average molecular weight is 451 g/mol.